The average Bonchev–Trinajstić information content (AvgIpc) is 3.20. The third kappa shape index (κ3) is 3.89. The highest BCUT2D eigenvalue weighted by Crippen LogP contribution is 2.40. The Labute approximate surface area is 158 Å². The summed E-state index contributed by atoms with van der Waals surface area (Å²) in [5, 5.41) is 3.12. The quantitative estimate of drug-likeness (QED) is 0.849. The first kappa shape index (κ1) is 17.8. The molecule has 1 amide bonds. The number of hydrogen-bond donors (Lipinski definition) is 1. The molecule has 1 N–H and O–H groups in total. The topological polar surface area (TPSA) is 54.5 Å². The van der Waals surface area contributed by atoms with E-state index in [2.05, 4.69) is 15.2 Å². The molecule has 2 heterocycles. The second-order valence-electron chi connectivity index (χ2n) is 7.46. The number of pyridine rings is 1. The highest BCUT2D eigenvalue weighted by atomic mass is 19.1. The number of amides is 1. The Kier molecular flexibility index (Phi) is 4.72. The van der Waals surface area contributed by atoms with Gasteiger partial charge in [-0.25, -0.2) is 4.39 Å². The molecule has 1 aliphatic carbocycles. The zero-order chi connectivity index (χ0) is 18.9. The second kappa shape index (κ2) is 7.18. The Morgan fingerprint density at radius 3 is 2.74 bits per heavy atom. The fraction of sp³-hybridized carbons (Fsp3) is 0.429. The van der Waals surface area contributed by atoms with E-state index in [9.17, 15) is 9.18 Å². The molecule has 1 saturated heterocycles. The smallest absolute Gasteiger partial charge is 0.270 e. The van der Waals surface area contributed by atoms with Gasteiger partial charge in [0.15, 0.2) is 0 Å². The van der Waals surface area contributed by atoms with Crippen molar-refractivity contribution >= 4 is 11.6 Å². The van der Waals surface area contributed by atoms with Crippen LogP contribution in [-0.2, 0) is 6.42 Å². The second-order valence-corrected chi connectivity index (χ2v) is 7.46. The summed E-state index contributed by atoms with van der Waals surface area (Å²) >= 11 is 0. The van der Waals surface area contributed by atoms with E-state index in [0.717, 1.165) is 37.2 Å². The van der Waals surface area contributed by atoms with Crippen LogP contribution in [0.1, 0.15) is 41.7 Å². The standard InChI is InChI=1S/C21H24FN3O2/c1-27-19-5-4-16(22)12-15(19)14-21(7-8-21)24-20(26)18-13-17(6-9-23-18)25-10-2-3-11-25/h4-6,9,12-13H,2-3,7-8,10-11,14H2,1H3,(H,24,26). The Bertz CT molecular complexity index is 845. The number of carbonyl (C=O) groups excluding carboxylic acids is 1. The number of rotatable bonds is 6. The summed E-state index contributed by atoms with van der Waals surface area (Å²) < 4.78 is 19.0. The van der Waals surface area contributed by atoms with E-state index in [1.807, 2.05) is 12.1 Å². The van der Waals surface area contributed by atoms with Crippen LogP contribution in [0.15, 0.2) is 36.5 Å². The number of hydrogen-bond acceptors (Lipinski definition) is 4. The van der Waals surface area contributed by atoms with Crippen LogP contribution in [0.25, 0.3) is 0 Å². The first-order valence-corrected chi connectivity index (χ1v) is 9.44. The van der Waals surface area contributed by atoms with Gasteiger partial charge < -0.3 is 15.0 Å². The van der Waals surface area contributed by atoms with Crippen molar-refractivity contribution in [3.63, 3.8) is 0 Å². The van der Waals surface area contributed by atoms with Crippen LogP contribution in [0.2, 0.25) is 0 Å². The summed E-state index contributed by atoms with van der Waals surface area (Å²) in [6.07, 6.45) is 6.34. The molecule has 0 spiro atoms. The Morgan fingerprint density at radius 2 is 2.04 bits per heavy atom. The molecule has 0 unspecified atom stereocenters. The summed E-state index contributed by atoms with van der Waals surface area (Å²) in [7, 11) is 1.57. The highest BCUT2D eigenvalue weighted by Gasteiger charge is 2.44. The molecule has 1 aliphatic heterocycles. The van der Waals surface area contributed by atoms with Crippen LogP contribution in [-0.4, -0.2) is 36.6 Å². The van der Waals surface area contributed by atoms with Gasteiger partial charge in [-0.05, 0) is 68.0 Å². The molecular formula is C21H24FN3O2. The van der Waals surface area contributed by atoms with Gasteiger partial charge in [0.2, 0.25) is 0 Å². The fourth-order valence-electron chi connectivity index (χ4n) is 3.77. The lowest BCUT2D eigenvalue weighted by atomic mass is 10.0. The lowest BCUT2D eigenvalue weighted by Crippen LogP contribution is -2.39. The molecule has 2 fully saturated rings. The summed E-state index contributed by atoms with van der Waals surface area (Å²) in [4.78, 5) is 19.3. The molecule has 2 aromatic rings. The van der Waals surface area contributed by atoms with E-state index in [0.29, 0.717) is 17.9 Å². The predicted molar refractivity (Wildman–Crippen MR) is 102 cm³/mol. The molecule has 27 heavy (non-hydrogen) atoms. The first-order chi connectivity index (χ1) is 13.1. The molecule has 1 aromatic carbocycles. The third-order valence-corrected chi connectivity index (χ3v) is 5.45. The maximum absolute atomic E-state index is 13.6. The maximum atomic E-state index is 13.6. The number of nitrogens with one attached hydrogen (secondary N) is 1. The average molecular weight is 369 g/mol. The predicted octanol–water partition coefficient (Wildman–Crippen LogP) is 3.33. The summed E-state index contributed by atoms with van der Waals surface area (Å²) in [5.41, 5.74) is 1.90. The number of carbonyl (C=O) groups is 1. The molecule has 1 saturated carbocycles. The minimum absolute atomic E-state index is 0.177. The number of methoxy groups -OCH3 is 1. The zero-order valence-corrected chi connectivity index (χ0v) is 15.5. The van der Waals surface area contributed by atoms with Crippen LogP contribution < -0.4 is 15.0 Å². The van der Waals surface area contributed by atoms with E-state index in [4.69, 9.17) is 4.74 Å². The van der Waals surface area contributed by atoms with Crippen molar-refractivity contribution in [2.45, 2.75) is 37.6 Å². The van der Waals surface area contributed by atoms with Crippen LogP contribution in [0, 0.1) is 5.82 Å². The molecule has 1 aromatic heterocycles. The number of halogens is 1. The monoisotopic (exact) mass is 369 g/mol. The molecular weight excluding hydrogens is 345 g/mol. The number of anilines is 1. The van der Waals surface area contributed by atoms with Crippen molar-refractivity contribution in [1.29, 1.82) is 0 Å². The van der Waals surface area contributed by atoms with E-state index in [1.54, 1.807) is 19.4 Å². The zero-order valence-electron chi connectivity index (χ0n) is 15.5. The normalized spacial score (nSPS) is 17.6. The maximum Gasteiger partial charge on any atom is 0.270 e. The number of nitrogens with zero attached hydrogens (tertiary/aromatic N) is 2. The Morgan fingerprint density at radius 1 is 1.26 bits per heavy atom. The van der Waals surface area contributed by atoms with Gasteiger partial charge in [-0.1, -0.05) is 0 Å². The van der Waals surface area contributed by atoms with Gasteiger partial charge >= 0.3 is 0 Å². The first-order valence-electron chi connectivity index (χ1n) is 9.44. The molecule has 0 atom stereocenters. The minimum atomic E-state index is -0.344. The van der Waals surface area contributed by atoms with Crippen molar-refractivity contribution in [2.75, 3.05) is 25.1 Å². The van der Waals surface area contributed by atoms with Crippen LogP contribution >= 0.6 is 0 Å². The highest BCUT2D eigenvalue weighted by molar-refractivity contribution is 5.94. The lowest BCUT2D eigenvalue weighted by molar-refractivity contribution is 0.0926. The third-order valence-electron chi connectivity index (χ3n) is 5.45. The van der Waals surface area contributed by atoms with Crippen LogP contribution in [0.4, 0.5) is 10.1 Å². The molecule has 0 radical (unpaired) electrons. The van der Waals surface area contributed by atoms with Crippen molar-refractivity contribution in [1.82, 2.24) is 10.3 Å². The Hall–Kier alpha value is -2.63. The number of benzene rings is 1. The summed E-state index contributed by atoms with van der Waals surface area (Å²) in [6, 6.07) is 8.31. The van der Waals surface area contributed by atoms with Gasteiger partial charge in [0.1, 0.15) is 17.3 Å². The molecule has 6 heteroatoms. The van der Waals surface area contributed by atoms with Crippen molar-refractivity contribution in [2.24, 2.45) is 0 Å². The van der Waals surface area contributed by atoms with Crippen LogP contribution in [0.3, 0.4) is 0 Å². The largest absolute Gasteiger partial charge is 0.496 e. The van der Waals surface area contributed by atoms with Gasteiger partial charge in [-0.3, -0.25) is 9.78 Å². The molecule has 0 bridgehead atoms. The van der Waals surface area contributed by atoms with E-state index in [-0.39, 0.29) is 17.3 Å². The summed E-state index contributed by atoms with van der Waals surface area (Å²) in [5.74, 6) is 0.169. The van der Waals surface area contributed by atoms with E-state index in [1.165, 1.54) is 25.0 Å². The fourth-order valence-corrected chi connectivity index (χ4v) is 3.77. The van der Waals surface area contributed by atoms with Gasteiger partial charge in [0.05, 0.1) is 7.11 Å². The number of ether oxygens (including phenoxy) is 1. The van der Waals surface area contributed by atoms with Crippen molar-refractivity contribution in [3.05, 3.63) is 53.6 Å². The molecule has 2 aliphatic rings. The van der Waals surface area contributed by atoms with E-state index < -0.39 is 0 Å². The van der Waals surface area contributed by atoms with Gasteiger partial charge in [-0.2, -0.15) is 0 Å². The number of aromatic nitrogens is 1. The SMILES string of the molecule is COc1ccc(F)cc1CC1(NC(=O)c2cc(N3CCCC3)ccn2)CC1. The minimum Gasteiger partial charge on any atom is -0.496 e. The van der Waals surface area contributed by atoms with Gasteiger partial charge in [0.25, 0.3) is 5.91 Å². The summed E-state index contributed by atoms with van der Waals surface area (Å²) in [6.45, 7) is 2.04. The molecule has 5 nitrogen and oxygen atoms in total. The van der Waals surface area contributed by atoms with Crippen molar-refractivity contribution < 1.29 is 13.9 Å². The molecule has 142 valence electrons. The molecule has 4 rings (SSSR count). The van der Waals surface area contributed by atoms with Gasteiger partial charge in [0, 0.05) is 30.5 Å². The van der Waals surface area contributed by atoms with E-state index >= 15 is 0 Å². The lowest BCUT2D eigenvalue weighted by Gasteiger charge is -2.20. The van der Waals surface area contributed by atoms with Crippen molar-refractivity contribution in [3.8, 4) is 5.75 Å². The van der Waals surface area contributed by atoms with Crippen LogP contribution in [0.5, 0.6) is 5.75 Å². The Balaban J connectivity index is 1.48. The van der Waals surface area contributed by atoms with Gasteiger partial charge in [-0.15, -0.1) is 0 Å².